The molecule has 2 aromatic heterocycles. The fourth-order valence-corrected chi connectivity index (χ4v) is 2.94. The summed E-state index contributed by atoms with van der Waals surface area (Å²) in [7, 11) is 1.72. The van der Waals surface area contributed by atoms with Crippen molar-refractivity contribution in [3.8, 4) is 0 Å². The molecule has 0 amide bonds. The molecular weight excluding hydrogens is 316 g/mol. The lowest BCUT2D eigenvalue weighted by Crippen LogP contribution is -2.47. The van der Waals surface area contributed by atoms with Gasteiger partial charge in [0.25, 0.3) is 0 Å². The molecule has 7 heteroatoms. The van der Waals surface area contributed by atoms with Crippen molar-refractivity contribution in [3.63, 3.8) is 0 Å². The van der Waals surface area contributed by atoms with E-state index >= 15 is 0 Å². The third-order valence-electron chi connectivity index (χ3n) is 4.23. The molecule has 1 N–H and O–H groups in total. The number of anilines is 3. The van der Waals surface area contributed by atoms with Crippen LogP contribution in [0, 0.1) is 6.92 Å². The highest BCUT2D eigenvalue weighted by Gasteiger charge is 2.19. The first-order valence-electron chi connectivity index (χ1n) is 8.75. The molecule has 3 rings (SSSR count). The highest BCUT2D eigenvalue weighted by Crippen LogP contribution is 2.19. The third-order valence-corrected chi connectivity index (χ3v) is 4.23. The van der Waals surface area contributed by atoms with E-state index in [1.807, 2.05) is 31.3 Å². The lowest BCUT2D eigenvalue weighted by Gasteiger charge is -2.36. The minimum absolute atomic E-state index is 0.749. The van der Waals surface area contributed by atoms with Gasteiger partial charge in [0.15, 0.2) is 0 Å². The van der Waals surface area contributed by atoms with Crippen molar-refractivity contribution in [1.82, 2.24) is 15.0 Å². The zero-order valence-electron chi connectivity index (χ0n) is 15.0. The summed E-state index contributed by atoms with van der Waals surface area (Å²) >= 11 is 0. The number of pyridine rings is 1. The SMILES string of the molecule is COCCCNc1cc(N2CCN(c3ccccn3)CC2)nc(C)n1. The van der Waals surface area contributed by atoms with Gasteiger partial charge in [-0.3, -0.25) is 0 Å². The molecule has 0 saturated carbocycles. The highest BCUT2D eigenvalue weighted by molar-refractivity contribution is 5.51. The molecule has 0 bridgehead atoms. The molecule has 1 aliphatic heterocycles. The van der Waals surface area contributed by atoms with Crippen LogP contribution < -0.4 is 15.1 Å². The van der Waals surface area contributed by atoms with Gasteiger partial charge in [0.1, 0.15) is 23.3 Å². The predicted molar refractivity (Wildman–Crippen MR) is 100 cm³/mol. The number of nitrogens with one attached hydrogen (secondary N) is 1. The molecule has 0 aliphatic carbocycles. The Labute approximate surface area is 149 Å². The first-order valence-corrected chi connectivity index (χ1v) is 8.75. The number of piperazine rings is 1. The van der Waals surface area contributed by atoms with E-state index < -0.39 is 0 Å². The monoisotopic (exact) mass is 342 g/mol. The number of hydrogen-bond acceptors (Lipinski definition) is 7. The van der Waals surface area contributed by atoms with Crippen LogP contribution >= 0.6 is 0 Å². The molecular formula is C18H26N6O. The molecule has 1 saturated heterocycles. The first kappa shape index (κ1) is 17.4. The second-order valence-electron chi connectivity index (χ2n) is 6.09. The van der Waals surface area contributed by atoms with Gasteiger partial charge in [-0.25, -0.2) is 15.0 Å². The van der Waals surface area contributed by atoms with Gasteiger partial charge in [-0.05, 0) is 25.5 Å². The topological polar surface area (TPSA) is 66.4 Å². The Kier molecular flexibility index (Phi) is 6.00. The Morgan fingerprint density at radius 2 is 1.84 bits per heavy atom. The average molecular weight is 342 g/mol. The number of ether oxygens (including phenoxy) is 1. The number of methoxy groups -OCH3 is 1. The van der Waals surface area contributed by atoms with Crippen LogP contribution in [-0.4, -0.2) is 61.4 Å². The van der Waals surface area contributed by atoms with Crippen molar-refractivity contribution in [2.45, 2.75) is 13.3 Å². The van der Waals surface area contributed by atoms with Gasteiger partial charge in [-0.15, -0.1) is 0 Å². The summed E-state index contributed by atoms with van der Waals surface area (Å²) < 4.78 is 5.08. The Bertz CT molecular complexity index is 658. The molecule has 0 unspecified atom stereocenters. The van der Waals surface area contributed by atoms with E-state index in [9.17, 15) is 0 Å². The van der Waals surface area contributed by atoms with Gasteiger partial charge < -0.3 is 19.9 Å². The van der Waals surface area contributed by atoms with E-state index in [1.54, 1.807) is 7.11 Å². The molecule has 25 heavy (non-hydrogen) atoms. The minimum Gasteiger partial charge on any atom is -0.385 e. The van der Waals surface area contributed by atoms with Crippen molar-refractivity contribution >= 4 is 17.5 Å². The molecule has 0 radical (unpaired) electrons. The number of nitrogens with zero attached hydrogens (tertiary/aromatic N) is 5. The Hall–Kier alpha value is -2.41. The summed E-state index contributed by atoms with van der Waals surface area (Å²) in [5.41, 5.74) is 0. The fraction of sp³-hybridized carbons (Fsp3) is 0.500. The zero-order chi connectivity index (χ0) is 17.5. The highest BCUT2D eigenvalue weighted by atomic mass is 16.5. The summed E-state index contributed by atoms with van der Waals surface area (Å²) in [6.45, 7) is 7.27. The smallest absolute Gasteiger partial charge is 0.134 e. The second kappa shape index (κ2) is 8.62. The molecule has 2 aromatic rings. The first-order chi connectivity index (χ1) is 12.3. The van der Waals surface area contributed by atoms with Gasteiger partial charge in [-0.2, -0.15) is 0 Å². The van der Waals surface area contributed by atoms with Crippen LogP contribution in [0.25, 0.3) is 0 Å². The fourth-order valence-electron chi connectivity index (χ4n) is 2.94. The number of hydrogen-bond donors (Lipinski definition) is 1. The molecule has 134 valence electrons. The van der Waals surface area contributed by atoms with E-state index in [0.717, 1.165) is 69.0 Å². The Morgan fingerprint density at radius 3 is 2.52 bits per heavy atom. The van der Waals surface area contributed by atoms with Crippen LogP contribution in [0.15, 0.2) is 30.5 Å². The summed E-state index contributed by atoms with van der Waals surface area (Å²) in [4.78, 5) is 18.2. The maximum Gasteiger partial charge on any atom is 0.134 e. The number of rotatable bonds is 7. The van der Waals surface area contributed by atoms with Crippen molar-refractivity contribution in [2.75, 3.05) is 61.6 Å². The maximum absolute atomic E-state index is 5.08. The minimum atomic E-state index is 0.749. The van der Waals surface area contributed by atoms with Gasteiger partial charge in [0, 0.05) is 58.7 Å². The Balaban J connectivity index is 1.60. The van der Waals surface area contributed by atoms with Crippen molar-refractivity contribution < 1.29 is 4.74 Å². The standard InChI is InChI=1S/C18H26N6O/c1-15-21-16(19-8-5-13-25-2)14-18(22-15)24-11-9-23(10-12-24)17-6-3-4-7-20-17/h3-4,6-7,14H,5,8-13H2,1-2H3,(H,19,21,22). The lowest BCUT2D eigenvalue weighted by molar-refractivity contribution is 0.198. The van der Waals surface area contributed by atoms with E-state index in [-0.39, 0.29) is 0 Å². The van der Waals surface area contributed by atoms with Crippen LogP contribution in [0.2, 0.25) is 0 Å². The quantitative estimate of drug-likeness (QED) is 0.772. The van der Waals surface area contributed by atoms with Gasteiger partial charge >= 0.3 is 0 Å². The summed E-state index contributed by atoms with van der Waals surface area (Å²) in [6.07, 6.45) is 2.80. The van der Waals surface area contributed by atoms with Crippen molar-refractivity contribution in [1.29, 1.82) is 0 Å². The van der Waals surface area contributed by atoms with Crippen LogP contribution in [0.5, 0.6) is 0 Å². The summed E-state index contributed by atoms with van der Waals surface area (Å²) in [5, 5.41) is 3.36. The van der Waals surface area contributed by atoms with E-state index in [4.69, 9.17) is 4.74 Å². The van der Waals surface area contributed by atoms with Crippen molar-refractivity contribution in [3.05, 3.63) is 36.3 Å². The van der Waals surface area contributed by atoms with Gasteiger partial charge in [0.05, 0.1) is 0 Å². The lowest BCUT2D eigenvalue weighted by atomic mass is 10.3. The Morgan fingerprint density at radius 1 is 1.08 bits per heavy atom. The molecule has 3 heterocycles. The molecule has 0 atom stereocenters. The molecule has 1 aliphatic rings. The zero-order valence-corrected chi connectivity index (χ0v) is 15.0. The third kappa shape index (κ3) is 4.79. The van der Waals surface area contributed by atoms with Crippen LogP contribution in [0.1, 0.15) is 12.2 Å². The molecule has 0 spiro atoms. The molecule has 7 nitrogen and oxygen atoms in total. The van der Waals surface area contributed by atoms with Crippen LogP contribution in [-0.2, 0) is 4.74 Å². The maximum atomic E-state index is 5.08. The summed E-state index contributed by atoms with van der Waals surface area (Å²) in [5.74, 6) is 3.70. The molecule has 1 fully saturated rings. The normalized spacial score (nSPS) is 14.6. The van der Waals surface area contributed by atoms with E-state index in [1.165, 1.54) is 0 Å². The predicted octanol–water partition coefficient (Wildman–Crippen LogP) is 1.96. The molecule has 0 aromatic carbocycles. The number of aryl methyl sites for hydroxylation is 1. The van der Waals surface area contributed by atoms with E-state index in [2.05, 4.69) is 36.1 Å². The summed E-state index contributed by atoms with van der Waals surface area (Å²) in [6, 6.07) is 8.08. The van der Waals surface area contributed by atoms with Crippen molar-refractivity contribution in [2.24, 2.45) is 0 Å². The number of aromatic nitrogens is 3. The van der Waals surface area contributed by atoms with Crippen LogP contribution in [0.4, 0.5) is 17.5 Å². The largest absolute Gasteiger partial charge is 0.385 e. The second-order valence-corrected chi connectivity index (χ2v) is 6.09. The van der Waals surface area contributed by atoms with Gasteiger partial charge in [0.2, 0.25) is 0 Å². The average Bonchev–Trinajstić information content (AvgIpc) is 2.66. The van der Waals surface area contributed by atoms with Gasteiger partial charge in [-0.1, -0.05) is 6.07 Å². The van der Waals surface area contributed by atoms with Crippen LogP contribution in [0.3, 0.4) is 0 Å². The van der Waals surface area contributed by atoms with E-state index in [0.29, 0.717) is 0 Å².